The molecule has 0 radical (unpaired) electrons. The molecular weight excluding hydrogens is 308 g/mol. The van der Waals surface area contributed by atoms with Gasteiger partial charge in [0.25, 0.3) is 10.0 Å². The number of nitrogen functional groups attached to an aromatic ring is 1. The number of rotatable bonds is 3. The van der Waals surface area contributed by atoms with Crippen LogP contribution in [0.1, 0.15) is 13.3 Å². The minimum Gasteiger partial charge on any atom is -0.381 e. The highest BCUT2D eigenvalue weighted by atomic mass is 32.2. The maximum Gasteiger partial charge on any atom is 0.262 e. The number of imidazole rings is 1. The number of thioether (sulfide) groups is 1. The topological polar surface area (TPSA) is 80.7 Å². The monoisotopic (exact) mass is 326 g/mol. The van der Waals surface area contributed by atoms with Gasteiger partial charge in [0.15, 0.2) is 10.8 Å². The number of nitrogens with two attached hydrogens (primary N) is 1. The van der Waals surface area contributed by atoms with E-state index in [1.807, 2.05) is 17.8 Å². The van der Waals surface area contributed by atoms with E-state index in [2.05, 4.69) is 11.9 Å². The van der Waals surface area contributed by atoms with Gasteiger partial charge in [-0.1, -0.05) is 13.0 Å². The van der Waals surface area contributed by atoms with Gasteiger partial charge in [-0.25, -0.2) is 13.4 Å². The molecule has 3 heterocycles. The van der Waals surface area contributed by atoms with Crippen molar-refractivity contribution in [2.24, 2.45) is 0 Å². The molecule has 1 unspecified atom stereocenters. The molecule has 1 atom stereocenters. The average Bonchev–Trinajstić information content (AvgIpc) is 2.83. The summed E-state index contributed by atoms with van der Waals surface area (Å²) in [5.41, 5.74) is 6.42. The van der Waals surface area contributed by atoms with Gasteiger partial charge in [-0.15, -0.1) is 0 Å². The Morgan fingerprint density at radius 1 is 1.48 bits per heavy atom. The third kappa shape index (κ3) is 2.51. The van der Waals surface area contributed by atoms with Crippen LogP contribution in [0.2, 0.25) is 0 Å². The Kier molecular flexibility index (Phi) is 3.85. The smallest absolute Gasteiger partial charge is 0.262 e. The lowest BCUT2D eigenvalue weighted by Gasteiger charge is -2.30. The van der Waals surface area contributed by atoms with Crippen molar-refractivity contribution in [3.05, 3.63) is 24.4 Å². The predicted octanol–water partition coefficient (Wildman–Crippen LogP) is 1.43. The highest BCUT2D eigenvalue weighted by Crippen LogP contribution is 2.29. The molecule has 2 N–H and O–H groups in total. The van der Waals surface area contributed by atoms with Crippen molar-refractivity contribution in [1.82, 2.24) is 13.7 Å². The minimum absolute atomic E-state index is 0.0625. The van der Waals surface area contributed by atoms with Gasteiger partial charge >= 0.3 is 0 Å². The fraction of sp³-hybridized carbons (Fsp3) is 0.462. The average molecular weight is 326 g/mol. The first kappa shape index (κ1) is 14.7. The van der Waals surface area contributed by atoms with Crippen LogP contribution >= 0.6 is 11.8 Å². The van der Waals surface area contributed by atoms with Gasteiger partial charge in [0.1, 0.15) is 5.65 Å². The summed E-state index contributed by atoms with van der Waals surface area (Å²) in [6.45, 7) is 3.13. The van der Waals surface area contributed by atoms with Gasteiger partial charge in [-0.05, 0) is 18.6 Å². The van der Waals surface area contributed by atoms with Crippen LogP contribution in [0.5, 0.6) is 0 Å². The molecule has 0 spiro atoms. The van der Waals surface area contributed by atoms with E-state index in [1.165, 1.54) is 4.31 Å². The normalized spacial score (nSPS) is 20.9. The quantitative estimate of drug-likeness (QED) is 0.923. The zero-order valence-electron chi connectivity index (χ0n) is 11.8. The predicted molar refractivity (Wildman–Crippen MR) is 84.9 cm³/mol. The molecule has 1 fully saturated rings. The number of anilines is 1. The fourth-order valence-electron chi connectivity index (χ4n) is 2.53. The van der Waals surface area contributed by atoms with E-state index in [0.29, 0.717) is 24.0 Å². The van der Waals surface area contributed by atoms with Crippen LogP contribution in [-0.4, -0.2) is 46.2 Å². The third-order valence-corrected chi connectivity index (χ3v) is 6.93. The maximum atomic E-state index is 12.9. The molecule has 6 nitrogen and oxygen atoms in total. The number of fused-ring (bicyclic) bond motifs is 1. The Morgan fingerprint density at radius 2 is 2.29 bits per heavy atom. The molecule has 2 aromatic heterocycles. The Hall–Kier alpha value is -1.25. The largest absolute Gasteiger partial charge is 0.381 e. The van der Waals surface area contributed by atoms with Crippen LogP contribution in [0.25, 0.3) is 5.65 Å². The second-order valence-corrected chi connectivity index (χ2v) is 8.26. The fourth-order valence-corrected chi connectivity index (χ4v) is 5.58. The summed E-state index contributed by atoms with van der Waals surface area (Å²) >= 11 is 1.83. The zero-order chi connectivity index (χ0) is 15.0. The van der Waals surface area contributed by atoms with Crippen LogP contribution in [0.15, 0.2) is 29.4 Å². The highest BCUT2D eigenvalue weighted by molar-refractivity contribution is 8.00. The standard InChI is InChI=1S/C13H18N4O2S2/c1-2-10-9-16(7-8-20-10)21(18,19)13-12(14)15-11-5-3-4-6-17(11)13/h3-6,10H,2,7-9,14H2,1H3. The first-order valence-corrected chi connectivity index (χ1v) is 9.37. The van der Waals surface area contributed by atoms with Crippen LogP contribution < -0.4 is 5.73 Å². The van der Waals surface area contributed by atoms with E-state index in [4.69, 9.17) is 5.73 Å². The molecule has 114 valence electrons. The molecule has 2 aromatic rings. The van der Waals surface area contributed by atoms with Gasteiger partial charge in [-0.3, -0.25) is 4.40 Å². The summed E-state index contributed by atoms with van der Waals surface area (Å²) in [4.78, 5) is 4.14. The molecule has 1 aliphatic heterocycles. The summed E-state index contributed by atoms with van der Waals surface area (Å²) in [6, 6.07) is 5.33. The first-order chi connectivity index (χ1) is 10.0. The molecule has 0 bridgehead atoms. The van der Waals surface area contributed by atoms with Crippen LogP contribution in [0, 0.1) is 0 Å². The molecule has 0 aromatic carbocycles. The zero-order valence-corrected chi connectivity index (χ0v) is 13.4. The molecule has 3 rings (SSSR count). The van der Waals surface area contributed by atoms with E-state index < -0.39 is 10.0 Å². The molecule has 0 amide bonds. The van der Waals surface area contributed by atoms with Crippen LogP contribution in [0.4, 0.5) is 5.82 Å². The molecule has 1 aliphatic rings. The van der Waals surface area contributed by atoms with Gasteiger partial charge in [-0.2, -0.15) is 16.1 Å². The van der Waals surface area contributed by atoms with Gasteiger partial charge < -0.3 is 5.73 Å². The highest BCUT2D eigenvalue weighted by Gasteiger charge is 2.34. The van der Waals surface area contributed by atoms with E-state index in [-0.39, 0.29) is 10.8 Å². The van der Waals surface area contributed by atoms with E-state index in [0.717, 1.165) is 12.2 Å². The molecule has 21 heavy (non-hydrogen) atoms. The van der Waals surface area contributed by atoms with Crippen LogP contribution in [0.3, 0.4) is 0 Å². The summed E-state index contributed by atoms with van der Waals surface area (Å²) in [6.07, 6.45) is 2.64. The minimum atomic E-state index is -3.62. The maximum absolute atomic E-state index is 12.9. The lowest BCUT2D eigenvalue weighted by molar-refractivity contribution is 0.414. The van der Waals surface area contributed by atoms with E-state index >= 15 is 0 Å². The molecule has 1 saturated heterocycles. The van der Waals surface area contributed by atoms with Crippen molar-refractivity contribution < 1.29 is 8.42 Å². The number of aromatic nitrogens is 2. The molecule has 8 heteroatoms. The summed E-state index contributed by atoms with van der Waals surface area (Å²) in [7, 11) is -3.62. The van der Waals surface area contributed by atoms with Crippen molar-refractivity contribution in [3.8, 4) is 0 Å². The van der Waals surface area contributed by atoms with Crippen molar-refractivity contribution in [2.45, 2.75) is 23.6 Å². The van der Waals surface area contributed by atoms with Crippen molar-refractivity contribution in [2.75, 3.05) is 24.6 Å². The Morgan fingerprint density at radius 3 is 3.05 bits per heavy atom. The lowest BCUT2D eigenvalue weighted by atomic mass is 10.3. The number of nitrogens with zero attached hydrogens (tertiary/aromatic N) is 3. The van der Waals surface area contributed by atoms with Gasteiger partial charge in [0.05, 0.1) is 0 Å². The van der Waals surface area contributed by atoms with Gasteiger partial charge in [0.2, 0.25) is 0 Å². The van der Waals surface area contributed by atoms with Crippen molar-refractivity contribution in [1.29, 1.82) is 0 Å². The van der Waals surface area contributed by atoms with Crippen LogP contribution in [-0.2, 0) is 10.0 Å². The number of sulfonamides is 1. The Balaban J connectivity index is 2.06. The number of pyridine rings is 1. The summed E-state index contributed by atoms with van der Waals surface area (Å²) in [5, 5.41) is 0.425. The Bertz CT molecular complexity index is 757. The lowest BCUT2D eigenvalue weighted by Crippen LogP contribution is -2.42. The summed E-state index contributed by atoms with van der Waals surface area (Å²) < 4.78 is 28.9. The van der Waals surface area contributed by atoms with E-state index in [1.54, 1.807) is 22.7 Å². The summed E-state index contributed by atoms with van der Waals surface area (Å²) in [5.74, 6) is 0.876. The van der Waals surface area contributed by atoms with Crippen molar-refractivity contribution >= 4 is 33.3 Å². The Labute approximate surface area is 128 Å². The second-order valence-electron chi connectivity index (χ2n) is 5.00. The molecule has 0 aliphatic carbocycles. The number of hydrogen-bond donors (Lipinski definition) is 1. The van der Waals surface area contributed by atoms with E-state index in [9.17, 15) is 8.42 Å². The van der Waals surface area contributed by atoms with Gasteiger partial charge in [0, 0.05) is 30.3 Å². The second kappa shape index (κ2) is 5.51. The molecular formula is C13H18N4O2S2. The number of hydrogen-bond acceptors (Lipinski definition) is 5. The SMILES string of the molecule is CCC1CN(S(=O)(=O)c2c(N)nc3ccccn23)CCS1. The third-order valence-electron chi connectivity index (χ3n) is 3.65. The van der Waals surface area contributed by atoms with Crippen molar-refractivity contribution in [3.63, 3.8) is 0 Å². The molecule has 0 saturated carbocycles. The first-order valence-electron chi connectivity index (χ1n) is 6.88.